The molecule has 1 fully saturated rings. The van der Waals surface area contributed by atoms with Crippen LogP contribution in [0.15, 0.2) is 29.5 Å². The number of aromatic nitrogens is 1. The van der Waals surface area contributed by atoms with E-state index >= 15 is 0 Å². The number of ether oxygens (including phenoxy) is 1. The summed E-state index contributed by atoms with van der Waals surface area (Å²) in [4.78, 5) is 10.8. The Balaban J connectivity index is 1.72. The second-order valence-corrected chi connectivity index (χ2v) is 8.95. The van der Waals surface area contributed by atoms with E-state index in [1.54, 1.807) is 12.4 Å². The van der Waals surface area contributed by atoms with Gasteiger partial charge in [0.05, 0.1) is 18.5 Å². The highest BCUT2D eigenvalue weighted by molar-refractivity contribution is 7.90. The Labute approximate surface area is 162 Å². The topological polar surface area (TPSA) is 95.9 Å². The first kappa shape index (κ1) is 21.4. The van der Waals surface area contributed by atoms with E-state index in [-0.39, 0.29) is 5.75 Å². The highest BCUT2D eigenvalue weighted by Crippen LogP contribution is 2.10. The fourth-order valence-electron chi connectivity index (χ4n) is 2.86. The van der Waals surface area contributed by atoms with Crippen LogP contribution in [0.5, 0.6) is 5.75 Å². The van der Waals surface area contributed by atoms with Gasteiger partial charge in [-0.25, -0.2) is 13.4 Å². The van der Waals surface area contributed by atoms with Gasteiger partial charge in [0.2, 0.25) is 0 Å². The van der Waals surface area contributed by atoms with Gasteiger partial charge in [-0.3, -0.25) is 4.98 Å². The molecule has 2 N–H and O–H groups in total. The molecule has 0 saturated carbocycles. The number of aliphatic imine (C=N–C) groups is 1. The zero-order valence-electron chi connectivity index (χ0n) is 16.2. The Bertz CT molecular complexity index is 673. The molecule has 1 aliphatic heterocycles. The fourth-order valence-corrected chi connectivity index (χ4v) is 3.45. The Morgan fingerprint density at radius 3 is 2.81 bits per heavy atom. The lowest BCUT2D eigenvalue weighted by Gasteiger charge is -2.32. The minimum Gasteiger partial charge on any atom is -0.490 e. The Hall–Kier alpha value is -1.87. The number of hydrogen-bond acceptors (Lipinski definition) is 6. The van der Waals surface area contributed by atoms with Crippen molar-refractivity contribution in [3.05, 3.63) is 24.5 Å². The molecule has 0 atom stereocenters. The molecule has 1 saturated heterocycles. The van der Waals surface area contributed by atoms with Crippen molar-refractivity contribution in [1.82, 2.24) is 20.5 Å². The maximum atomic E-state index is 11.3. The van der Waals surface area contributed by atoms with E-state index in [4.69, 9.17) is 4.74 Å². The summed E-state index contributed by atoms with van der Waals surface area (Å²) in [5, 5.41) is 6.74. The molecule has 8 nitrogen and oxygen atoms in total. The molecule has 0 spiro atoms. The van der Waals surface area contributed by atoms with Crippen molar-refractivity contribution in [1.29, 1.82) is 0 Å². The first-order chi connectivity index (χ1) is 13.0. The molecule has 0 radical (unpaired) electrons. The maximum absolute atomic E-state index is 11.3. The zero-order chi connectivity index (χ0) is 19.5. The fraction of sp³-hybridized carbons (Fsp3) is 0.667. The molecule has 9 heteroatoms. The average molecular weight is 398 g/mol. The highest BCUT2D eigenvalue weighted by atomic mass is 32.2. The van der Waals surface area contributed by atoms with Crippen LogP contribution in [0.1, 0.15) is 19.8 Å². The third kappa shape index (κ3) is 9.05. The summed E-state index contributed by atoms with van der Waals surface area (Å²) in [6, 6.07) is 4.06. The molecule has 1 aromatic heterocycles. The summed E-state index contributed by atoms with van der Waals surface area (Å²) in [6.07, 6.45) is 6.63. The van der Waals surface area contributed by atoms with Gasteiger partial charge < -0.3 is 20.3 Å². The van der Waals surface area contributed by atoms with Crippen molar-refractivity contribution in [2.45, 2.75) is 25.8 Å². The summed E-state index contributed by atoms with van der Waals surface area (Å²) < 4.78 is 28.2. The van der Waals surface area contributed by atoms with Crippen molar-refractivity contribution in [3.8, 4) is 5.75 Å². The molecule has 0 aliphatic carbocycles. The number of rotatable bonds is 9. The van der Waals surface area contributed by atoms with Crippen LogP contribution in [-0.4, -0.2) is 81.6 Å². The molecule has 0 aromatic carbocycles. The second kappa shape index (κ2) is 11.1. The van der Waals surface area contributed by atoms with Crippen molar-refractivity contribution >= 4 is 15.8 Å². The molecule has 1 aliphatic rings. The minimum atomic E-state index is -2.90. The van der Waals surface area contributed by atoms with Crippen molar-refractivity contribution < 1.29 is 13.2 Å². The number of hydrogen-bond donors (Lipinski definition) is 2. The van der Waals surface area contributed by atoms with Gasteiger partial charge in [0.15, 0.2) is 5.96 Å². The van der Waals surface area contributed by atoms with Gasteiger partial charge >= 0.3 is 0 Å². The smallest absolute Gasteiger partial charge is 0.191 e. The normalized spacial score (nSPS) is 16.9. The van der Waals surface area contributed by atoms with Crippen LogP contribution in [0, 0.1) is 0 Å². The number of nitrogens with one attached hydrogen (secondary N) is 2. The lowest BCUT2D eigenvalue weighted by Crippen LogP contribution is -2.49. The summed E-state index contributed by atoms with van der Waals surface area (Å²) in [5.74, 6) is 1.76. The van der Waals surface area contributed by atoms with E-state index in [1.165, 1.54) is 6.26 Å². The molecule has 2 rings (SSSR count). The van der Waals surface area contributed by atoms with Gasteiger partial charge in [-0.2, -0.15) is 0 Å². The summed E-state index contributed by atoms with van der Waals surface area (Å²) >= 11 is 0. The Morgan fingerprint density at radius 1 is 1.41 bits per heavy atom. The third-order valence-corrected chi connectivity index (χ3v) is 5.24. The quantitative estimate of drug-likeness (QED) is 0.356. The van der Waals surface area contributed by atoms with Crippen LogP contribution in [0.4, 0.5) is 0 Å². The van der Waals surface area contributed by atoms with E-state index in [2.05, 4.69) is 25.5 Å². The number of likely N-dealkylation sites (tertiary alicyclic amines) is 1. The maximum Gasteiger partial charge on any atom is 0.191 e. The average Bonchev–Trinajstić information content (AvgIpc) is 2.65. The molecule has 1 aromatic rings. The van der Waals surface area contributed by atoms with Crippen LogP contribution >= 0.6 is 0 Å². The van der Waals surface area contributed by atoms with Crippen molar-refractivity contribution in [3.63, 3.8) is 0 Å². The molecular weight excluding hydrogens is 366 g/mol. The lowest BCUT2D eigenvalue weighted by molar-refractivity contribution is 0.216. The second-order valence-electron chi connectivity index (χ2n) is 6.69. The molecule has 0 bridgehead atoms. The van der Waals surface area contributed by atoms with Crippen LogP contribution in [0.25, 0.3) is 0 Å². The minimum absolute atomic E-state index is 0.228. The summed E-state index contributed by atoms with van der Waals surface area (Å²) in [7, 11) is -2.90. The number of nitrogens with zero attached hydrogens (tertiary/aromatic N) is 3. The van der Waals surface area contributed by atoms with Gasteiger partial charge in [0.25, 0.3) is 0 Å². The van der Waals surface area contributed by atoms with Gasteiger partial charge in [-0.05, 0) is 31.9 Å². The van der Waals surface area contributed by atoms with E-state index < -0.39 is 9.84 Å². The number of pyridine rings is 1. The largest absolute Gasteiger partial charge is 0.490 e. The van der Waals surface area contributed by atoms with Gasteiger partial charge in [-0.1, -0.05) is 0 Å². The lowest BCUT2D eigenvalue weighted by atomic mass is 10.1. The van der Waals surface area contributed by atoms with E-state index in [1.807, 2.05) is 19.1 Å². The van der Waals surface area contributed by atoms with Crippen LogP contribution in [0.3, 0.4) is 0 Å². The van der Waals surface area contributed by atoms with Gasteiger partial charge in [-0.15, -0.1) is 0 Å². The highest BCUT2D eigenvalue weighted by Gasteiger charge is 2.20. The SMILES string of the molecule is CCNC(=NCCOc1cccnc1)NC1CCN(CCS(C)(=O)=O)CC1. The number of guanidine groups is 1. The van der Waals surface area contributed by atoms with E-state index in [9.17, 15) is 8.42 Å². The van der Waals surface area contributed by atoms with Crippen LogP contribution in [-0.2, 0) is 9.84 Å². The molecule has 152 valence electrons. The number of piperidine rings is 1. The molecule has 0 amide bonds. The Morgan fingerprint density at radius 2 is 2.19 bits per heavy atom. The zero-order valence-corrected chi connectivity index (χ0v) is 17.0. The van der Waals surface area contributed by atoms with Crippen molar-refractivity contribution in [2.24, 2.45) is 4.99 Å². The molecule has 2 heterocycles. The standard InChI is InChI=1S/C18H31N5O3S/c1-3-20-18(21-9-13-26-17-5-4-8-19-15-17)22-16-6-10-23(11-7-16)12-14-27(2,24)25/h4-5,8,15-16H,3,6-7,9-14H2,1-2H3,(H2,20,21,22). The summed E-state index contributed by atoms with van der Waals surface area (Å²) in [5.41, 5.74) is 0. The predicted molar refractivity (Wildman–Crippen MR) is 108 cm³/mol. The van der Waals surface area contributed by atoms with Crippen LogP contribution in [0.2, 0.25) is 0 Å². The van der Waals surface area contributed by atoms with Crippen LogP contribution < -0.4 is 15.4 Å². The Kier molecular flexibility index (Phi) is 8.80. The molecular formula is C18H31N5O3S. The summed E-state index contributed by atoms with van der Waals surface area (Å²) in [6.45, 7) is 6.29. The van der Waals surface area contributed by atoms with Crippen molar-refractivity contribution in [2.75, 3.05) is 51.3 Å². The first-order valence-corrected chi connectivity index (χ1v) is 11.5. The monoisotopic (exact) mass is 397 g/mol. The predicted octanol–water partition coefficient (Wildman–Crippen LogP) is 0.525. The third-order valence-electron chi connectivity index (χ3n) is 4.32. The number of sulfone groups is 1. The van der Waals surface area contributed by atoms with Gasteiger partial charge in [0.1, 0.15) is 22.2 Å². The first-order valence-electron chi connectivity index (χ1n) is 9.44. The molecule has 0 unspecified atom stereocenters. The van der Waals surface area contributed by atoms with E-state index in [0.717, 1.165) is 44.2 Å². The molecule has 27 heavy (non-hydrogen) atoms. The van der Waals surface area contributed by atoms with Gasteiger partial charge in [0, 0.05) is 44.7 Å². The van der Waals surface area contributed by atoms with E-state index in [0.29, 0.717) is 25.7 Å².